The van der Waals surface area contributed by atoms with Crippen molar-refractivity contribution in [3.8, 4) is 11.5 Å². The van der Waals surface area contributed by atoms with E-state index in [1.807, 2.05) is 12.1 Å². The summed E-state index contributed by atoms with van der Waals surface area (Å²) in [6.07, 6.45) is 0. The van der Waals surface area contributed by atoms with Gasteiger partial charge >= 0.3 is 5.69 Å². The standard InChI is InChI=1S/C15H16N2O4/c1-21-15-7-6-11(8-13(15)17(19)20)9-16-10-12-4-2-3-5-14(12)18/h2-8,16,18H,9-10H2,1H3. The predicted octanol–water partition coefficient (Wildman–Crippen LogP) is 2.60. The first-order valence-electron chi connectivity index (χ1n) is 6.40. The summed E-state index contributed by atoms with van der Waals surface area (Å²) in [5.74, 6) is 0.468. The van der Waals surface area contributed by atoms with Crippen LogP contribution < -0.4 is 10.1 Å². The van der Waals surface area contributed by atoms with E-state index in [1.54, 1.807) is 24.3 Å². The minimum absolute atomic E-state index is 0.0561. The van der Waals surface area contributed by atoms with E-state index in [1.165, 1.54) is 13.2 Å². The van der Waals surface area contributed by atoms with Crippen LogP contribution in [0.2, 0.25) is 0 Å². The minimum atomic E-state index is -0.467. The number of aromatic hydroxyl groups is 1. The third-order valence-corrected chi connectivity index (χ3v) is 3.08. The number of hydrogen-bond acceptors (Lipinski definition) is 5. The van der Waals surface area contributed by atoms with Crippen molar-refractivity contribution in [1.82, 2.24) is 5.32 Å². The van der Waals surface area contributed by atoms with Gasteiger partial charge in [-0.3, -0.25) is 10.1 Å². The van der Waals surface area contributed by atoms with Gasteiger partial charge < -0.3 is 15.2 Å². The first kappa shape index (κ1) is 14.8. The van der Waals surface area contributed by atoms with Crippen molar-refractivity contribution in [1.29, 1.82) is 0 Å². The van der Waals surface area contributed by atoms with E-state index in [4.69, 9.17) is 4.74 Å². The minimum Gasteiger partial charge on any atom is -0.508 e. The van der Waals surface area contributed by atoms with Crippen molar-refractivity contribution >= 4 is 5.69 Å². The summed E-state index contributed by atoms with van der Waals surface area (Å²) >= 11 is 0. The fraction of sp³-hybridized carbons (Fsp3) is 0.200. The number of phenols is 1. The fourth-order valence-corrected chi connectivity index (χ4v) is 1.99. The molecule has 110 valence electrons. The zero-order valence-corrected chi connectivity index (χ0v) is 11.6. The molecule has 21 heavy (non-hydrogen) atoms. The fourth-order valence-electron chi connectivity index (χ4n) is 1.99. The smallest absolute Gasteiger partial charge is 0.311 e. The number of nitro groups is 1. The molecule has 2 aromatic rings. The van der Waals surface area contributed by atoms with Gasteiger partial charge in [-0.1, -0.05) is 24.3 Å². The molecule has 0 saturated heterocycles. The number of phenolic OH excluding ortho intramolecular Hbond substituents is 1. The average molecular weight is 288 g/mol. The van der Waals surface area contributed by atoms with Crippen molar-refractivity contribution in [2.45, 2.75) is 13.1 Å². The Morgan fingerprint density at radius 1 is 1.24 bits per heavy atom. The summed E-state index contributed by atoms with van der Waals surface area (Å²) in [7, 11) is 1.40. The Morgan fingerprint density at radius 3 is 2.67 bits per heavy atom. The summed E-state index contributed by atoms with van der Waals surface area (Å²) < 4.78 is 4.96. The van der Waals surface area contributed by atoms with Crippen LogP contribution in [0.4, 0.5) is 5.69 Å². The van der Waals surface area contributed by atoms with Gasteiger partial charge in [0.05, 0.1) is 12.0 Å². The Bertz CT molecular complexity index is 643. The van der Waals surface area contributed by atoms with Crippen LogP contribution in [-0.4, -0.2) is 17.1 Å². The molecule has 0 aliphatic rings. The lowest BCUT2D eigenvalue weighted by Crippen LogP contribution is -2.13. The van der Waals surface area contributed by atoms with Gasteiger partial charge in [-0.15, -0.1) is 0 Å². The first-order valence-corrected chi connectivity index (χ1v) is 6.40. The number of rotatable bonds is 6. The maximum absolute atomic E-state index is 10.9. The number of para-hydroxylation sites is 1. The van der Waals surface area contributed by atoms with Gasteiger partial charge in [0, 0.05) is 24.7 Å². The van der Waals surface area contributed by atoms with Crippen LogP contribution in [0.15, 0.2) is 42.5 Å². The zero-order valence-electron chi connectivity index (χ0n) is 11.6. The van der Waals surface area contributed by atoms with E-state index in [9.17, 15) is 15.2 Å². The van der Waals surface area contributed by atoms with E-state index in [0.717, 1.165) is 11.1 Å². The molecular weight excluding hydrogens is 272 g/mol. The van der Waals surface area contributed by atoms with Gasteiger partial charge in [-0.25, -0.2) is 0 Å². The number of nitrogens with zero attached hydrogens (tertiary/aromatic N) is 1. The topological polar surface area (TPSA) is 84.6 Å². The second-order valence-electron chi connectivity index (χ2n) is 4.50. The Hall–Kier alpha value is -2.60. The molecule has 2 aromatic carbocycles. The number of hydrogen-bond donors (Lipinski definition) is 2. The van der Waals surface area contributed by atoms with E-state index in [-0.39, 0.29) is 17.2 Å². The summed E-state index contributed by atoms with van der Waals surface area (Å²) in [5, 5.41) is 23.7. The Balaban J connectivity index is 2.02. The number of nitrogens with one attached hydrogen (secondary N) is 1. The molecule has 0 aliphatic heterocycles. The molecule has 2 N–H and O–H groups in total. The van der Waals surface area contributed by atoms with Crippen molar-refractivity contribution in [3.05, 3.63) is 63.7 Å². The van der Waals surface area contributed by atoms with E-state index < -0.39 is 4.92 Å². The third-order valence-electron chi connectivity index (χ3n) is 3.08. The van der Waals surface area contributed by atoms with Gasteiger partial charge in [0.1, 0.15) is 5.75 Å². The van der Waals surface area contributed by atoms with Crippen LogP contribution in [0.1, 0.15) is 11.1 Å². The van der Waals surface area contributed by atoms with Crippen LogP contribution in [0.5, 0.6) is 11.5 Å². The second-order valence-corrected chi connectivity index (χ2v) is 4.50. The van der Waals surface area contributed by atoms with E-state index >= 15 is 0 Å². The normalized spacial score (nSPS) is 10.3. The van der Waals surface area contributed by atoms with Gasteiger partial charge in [0.25, 0.3) is 0 Å². The lowest BCUT2D eigenvalue weighted by Gasteiger charge is -2.08. The molecule has 0 fully saturated rings. The maximum atomic E-state index is 10.9. The van der Waals surface area contributed by atoms with E-state index in [0.29, 0.717) is 13.1 Å². The van der Waals surface area contributed by atoms with Gasteiger partial charge in [-0.05, 0) is 17.7 Å². The molecular formula is C15H16N2O4. The Kier molecular flexibility index (Phi) is 4.73. The van der Waals surface area contributed by atoms with E-state index in [2.05, 4.69) is 5.32 Å². The number of methoxy groups -OCH3 is 1. The molecule has 6 heteroatoms. The van der Waals surface area contributed by atoms with Crippen molar-refractivity contribution in [2.75, 3.05) is 7.11 Å². The van der Waals surface area contributed by atoms with Crippen LogP contribution >= 0.6 is 0 Å². The predicted molar refractivity (Wildman–Crippen MR) is 78.3 cm³/mol. The zero-order chi connectivity index (χ0) is 15.2. The van der Waals surface area contributed by atoms with Crippen LogP contribution in [0.3, 0.4) is 0 Å². The van der Waals surface area contributed by atoms with Crippen LogP contribution in [0.25, 0.3) is 0 Å². The highest BCUT2D eigenvalue weighted by molar-refractivity contribution is 5.48. The molecule has 0 heterocycles. The number of ether oxygens (including phenoxy) is 1. The summed E-state index contributed by atoms with van der Waals surface area (Å²) in [6, 6.07) is 11.9. The average Bonchev–Trinajstić information content (AvgIpc) is 2.49. The van der Waals surface area contributed by atoms with Crippen molar-refractivity contribution < 1.29 is 14.8 Å². The highest BCUT2D eigenvalue weighted by Gasteiger charge is 2.14. The molecule has 0 saturated carbocycles. The number of nitro benzene ring substituents is 1. The highest BCUT2D eigenvalue weighted by Crippen LogP contribution is 2.27. The largest absolute Gasteiger partial charge is 0.508 e. The number of benzene rings is 2. The highest BCUT2D eigenvalue weighted by atomic mass is 16.6. The summed E-state index contributed by atoms with van der Waals surface area (Å²) in [5.41, 5.74) is 1.50. The monoisotopic (exact) mass is 288 g/mol. The van der Waals surface area contributed by atoms with Gasteiger partial charge in [0.15, 0.2) is 5.75 Å². The molecule has 0 amide bonds. The summed E-state index contributed by atoms with van der Waals surface area (Å²) in [4.78, 5) is 10.5. The summed E-state index contributed by atoms with van der Waals surface area (Å²) in [6.45, 7) is 0.936. The lowest BCUT2D eigenvalue weighted by atomic mass is 10.1. The second kappa shape index (κ2) is 6.71. The lowest BCUT2D eigenvalue weighted by molar-refractivity contribution is -0.385. The molecule has 6 nitrogen and oxygen atoms in total. The first-order chi connectivity index (χ1) is 10.1. The molecule has 0 spiro atoms. The molecule has 0 unspecified atom stereocenters. The molecule has 0 radical (unpaired) electrons. The molecule has 2 rings (SSSR count). The molecule has 0 aliphatic carbocycles. The van der Waals surface area contributed by atoms with Gasteiger partial charge in [-0.2, -0.15) is 0 Å². The Morgan fingerprint density at radius 2 is 2.00 bits per heavy atom. The van der Waals surface area contributed by atoms with Gasteiger partial charge in [0.2, 0.25) is 0 Å². The molecule has 0 atom stereocenters. The third kappa shape index (κ3) is 3.70. The SMILES string of the molecule is COc1ccc(CNCc2ccccc2O)cc1[N+](=O)[O-]. The van der Waals surface area contributed by atoms with Crippen molar-refractivity contribution in [3.63, 3.8) is 0 Å². The van der Waals surface area contributed by atoms with Crippen LogP contribution in [0, 0.1) is 10.1 Å². The quantitative estimate of drug-likeness (QED) is 0.630. The van der Waals surface area contributed by atoms with Crippen LogP contribution in [-0.2, 0) is 13.1 Å². The molecule has 0 aromatic heterocycles. The Labute approximate surface area is 122 Å². The maximum Gasteiger partial charge on any atom is 0.311 e. The van der Waals surface area contributed by atoms with Crippen molar-refractivity contribution in [2.24, 2.45) is 0 Å². The molecule has 0 bridgehead atoms.